The fourth-order valence-corrected chi connectivity index (χ4v) is 8.73. The third-order valence-electron chi connectivity index (χ3n) is 9.93. The molecule has 5 N–H and O–H groups in total. The highest BCUT2D eigenvalue weighted by atomic mass is 32.1. The van der Waals surface area contributed by atoms with E-state index in [1.807, 2.05) is 48.1 Å². The summed E-state index contributed by atoms with van der Waals surface area (Å²) in [6, 6.07) is 19.0. The molecule has 1 aliphatic carbocycles. The van der Waals surface area contributed by atoms with Crippen LogP contribution in [0.4, 0.5) is 0 Å². The van der Waals surface area contributed by atoms with Crippen molar-refractivity contribution in [1.82, 2.24) is 19.8 Å². The molecule has 12 nitrogen and oxygen atoms in total. The lowest BCUT2D eigenvalue weighted by Gasteiger charge is -2.35. The zero-order valence-electron chi connectivity index (χ0n) is 28.5. The van der Waals surface area contributed by atoms with Gasteiger partial charge >= 0.3 is 11.7 Å². The summed E-state index contributed by atoms with van der Waals surface area (Å²) >= 11 is 2.65. The first-order valence-corrected chi connectivity index (χ1v) is 19.0. The maximum absolute atomic E-state index is 13.4. The number of rotatable bonds is 13. The van der Waals surface area contributed by atoms with Gasteiger partial charge in [0.1, 0.15) is 11.9 Å². The Labute approximate surface area is 306 Å². The van der Waals surface area contributed by atoms with Gasteiger partial charge in [0.2, 0.25) is 11.2 Å². The van der Waals surface area contributed by atoms with Crippen LogP contribution >= 0.6 is 22.7 Å². The summed E-state index contributed by atoms with van der Waals surface area (Å²) in [7, 11) is 2.04. The van der Waals surface area contributed by atoms with Gasteiger partial charge in [0.05, 0.1) is 26.9 Å². The number of aliphatic hydroxyl groups is 2. The third-order valence-corrected chi connectivity index (χ3v) is 11.9. The monoisotopic (exact) mass is 744 g/mol. The van der Waals surface area contributed by atoms with Crippen molar-refractivity contribution >= 4 is 50.6 Å². The number of nitrogens with zero attached hydrogens (tertiary/aromatic N) is 2. The lowest BCUT2D eigenvalue weighted by molar-refractivity contribution is -0.169. The number of phenols is 1. The summed E-state index contributed by atoms with van der Waals surface area (Å²) in [5.74, 6) is -1.14. The van der Waals surface area contributed by atoms with Gasteiger partial charge in [0, 0.05) is 43.7 Å². The van der Waals surface area contributed by atoms with Crippen LogP contribution in [0, 0.1) is 0 Å². The van der Waals surface area contributed by atoms with Crippen LogP contribution in [0.3, 0.4) is 0 Å². The Bertz CT molecular complexity index is 2240. The fourth-order valence-electron chi connectivity index (χ4n) is 7.02. The number of aliphatic hydroxyl groups excluding tert-OH is 1. The number of carbonyl (C=O) groups excluding carboxylic acids is 1. The molecule has 0 unspecified atom stereocenters. The molecule has 1 saturated carbocycles. The van der Waals surface area contributed by atoms with E-state index in [-0.39, 0.29) is 35.5 Å². The number of oxazole rings is 1. The Morgan fingerprint density at radius 1 is 1.06 bits per heavy atom. The van der Waals surface area contributed by atoms with E-state index in [2.05, 4.69) is 15.2 Å². The van der Waals surface area contributed by atoms with Crippen LogP contribution in [0.2, 0.25) is 0 Å². The number of aromatic amines is 1. The number of phenolic OH excluding ortho intramolecular Hbond substituents is 1. The Morgan fingerprint density at radius 2 is 1.79 bits per heavy atom. The van der Waals surface area contributed by atoms with Crippen LogP contribution in [0.15, 0.2) is 91.5 Å². The summed E-state index contributed by atoms with van der Waals surface area (Å²) in [5.41, 5.74) is 0.750. The van der Waals surface area contributed by atoms with Gasteiger partial charge in [-0.25, -0.2) is 9.59 Å². The molecule has 0 spiro atoms. The van der Waals surface area contributed by atoms with Crippen molar-refractivity contribution in [1.29, 1.82) is 0 Å². The number of likely N-dealkylation sites (N-methyl/N-ethyl adjacent to an activating group) is 1. The molecule has 4 heterocycles. The Balaban J connectivity index is 0.908. The summed E-state index contributed by atoms with van der Waals surface area (Å²) in [5, 5.41) is 40.0. The van der Waals surface area contributed by atoms with Crippen molar-refractivity contribution in [3.05, 3.63) is 119 Å². The van der Waals surface area contributed by atoms with Crippen LogP contribution in [0.25, 0.3) is 22.0 Å². The Kier molecular flexibility index (Phi) is 10.5. The molecule has 4 aromatic heterocycles. The minimum atomic E-state index is -1.81. The van der Waals surface area contributed by atoms with Gasteiger partial charge in [-0.3, -0.25) is 9.36 Å². The number of esters is 1. The van der Waals surface area contributed by atoms with Gasteiger partial charge in [-0.05, 0) is 91.0 Å². The molecule has 0 aliphatic heterocycles. The largest absolute Gasteiger partial charge is 0.506 e. The first-order chi connectivity index (χ1) is 25.1. The number of fused-ring (bicyclic) bond motifs is 2. The molecule has 2 aromatic carbocycles. The molecular formula is C38H40N4O8S2. The molecule has 7 rings (SSSR count). The molecule has 0 bridgehead atoms. The molecule has 0 radical (unpaired) electrons. The van der Waals surface area contributed by atoms with Gasteiger partial charge in [-0.1, -0.05) is 24.3 Å². The van der Waals surface area contributed by atoms with Crippen molar-refractivity contribution < 1.29 is 29.3 Å². The maximum atomic E-state index is 13.4. The average Bonchev–Trinajstić information content (AvgIpc) is 3.94. The Hall–Kier alpha value is -4.57. The molecule has 1 fully saturated rings. The van der Waals surface area contributed by atoms with E-state index in [4.69, 9.17) is 9.15 Å². The molecule has 272 valence electrons. The molecule has 1 aliphatic rings. The van der Waals surface area contributed by atoms with E-state index < -0.39 is 23.4 Å². The number of H-pyrrole nitrogens is 1. The van der Waals surface area contributed by atoms with Crippen molar-refractivity contribution in [2.45, 2.75) is 62.6 Å². The molecular weight excluding hydrogens is 705 g/mol. The van der Waals surface area contributed by atoms with Crippen molar-refractivity contribution in [2.24, 2.45) is 0 Å². The quantitative estimate of drug-likeness (QED) is 0.104. The van der Waals surface area contributed by atoms with Gasteiger partial charge < -0.3 is 39.7 Å². The van der Waals surface area contributed by atoms with Crippen molar-refractivity contribution in [3.63, 3.8) is 0 Å². The normalized spacial score (nSPS) is 17.2. The SMILES string of the molecule is CN(CCn1c(=O)oc2cc(CNC[C@@H](O)c3ccc(O)c4[nH]c(=O)ccc34)ccc21)C1CCC(OC(=O)C(O)(c2cccs2)c2cccs2)CC1. The van der Waals surface area contributed by atoms with E-state index in [0.717, 1.165) is 18.4 Å². The zero-order valence-corrected chi connectivity index (χ0v) is 30.1. The standard InChI is InChI=1S/C38H40N4O8S2/c1-41(24-7-9-25(10-8-24)49-36(46)38(48,32-4-2-18-51-32)33-5-3-19-52-33)16-17-42-28-13-6-23(20-31(28)50-37(42)47)21-39-22-30(44)26-11-14-29(43)35-27(26)12-15-34(45)40-35/h2-6,11-15,18-20,24-25,30,39,43-44,48H,7-10,16-17,21-22H2,1H3,(H,40,45)/t24?,25?,30-/m1/s1. The number of thiophene rings is 2. The van der Waals surface area contributed by atoms with Gasteiger partial charge in [0.15, 0.2) is 5.58 Å². The average molecular weight is 745 g/mol. The third kappa shape index (κ3) is 7.22. The minimum Gasteiger partial charge on any atom is -0.506 e. The maximum Gasteiger partial charge on any atom is 0.419 e. The summed E-state index contributed by atoms with van der Waals surface area (Å²) in [4.78, 5) is 43.9. The number of aromatic hydroxyl groups is 1. The summed E-state index contributed by atoms with van der Waals surface area (Å²) in [6.45, 7) is 1.70. The highest BCUT2D eigenvalue weighted by Crippen LogP contribution is 2.38. The number of aromatic nitrogens is 2. The van der Waals surface area contributed by atoms with E-state index in [1.54, 1.807) is 28.8 Å². The summed E-state index contributed by atoms with van der Waals surface area (Å²) < 4.78 is 13.2. The summed E-state index contributed by atoms with van der Waals surface area (Å²) in [6.07, 6.45) is 1.82. The van der Waals surface area contributed by atoms with Crippen LogP contribution in [0.5, 0.6) is 5.75 Å². The first kappa shape index (κ1) is 35.8. The van der Waals surface area contributed by atoms with Crippen LogP contribution in [0.1, 0.15) is 52.7 Å². The van der Waals surface area contributed by atoms with Gasteiger partial charge in [0.25, 0.3) is 0 Å². The number of benzene rings is 2. The zero-order chi connectivity index (χ0) is 36.4. The lowest BCUT2D eigenvalue weighted by atomic mass is 9.91. The highest BCUT2D eigenvalue weighted by molar-refractivity contribution is 7.12. The molecule has 14 heteroatoms. The van der Waals surface area contributed by atoms with E-state index in [1.165, 1.54) is 34.8 Å². The molecule has 0 saturated heterocycles. The predicted molar refractivity (Wildman–Crippen MR) is 200 cm³/mol. The van der Waals surface area contributed by atoms with Gasteiger partial charge in [-0.15, -0.1) is 22.7 Å². The van der Waals surface area contributed by atoms with Crippen LogP contribution in [-0.4, -0.2) is 68.0 Å². The molecule has 6 aromatic rings. The van der Waals surface area contributed by atoms with Crippen LogP contribution in [-0.2, 0) is 28.2 Å². The van der Waals surface area contributed by atoms with Crippen LogP contribution < -0.4 is 16.6 Å². The smallest absolute Gasteiger partial charge is 0.419 e. The van der Waals surface area contributed by atoms with Crippen molar-refractivity contribution in [2.75, 3.05) is 20.1 Å². The number of carbonyl (C=O) groups is 1. The Morgan fingerprint density at radius 3 is 2.48 bits per heavy atom. The molecule has 0 amide bonds. The number of pyridine rings is 1. The van der Waals surface area contributed by atoms with E-state index >= 15 is 0 Å². The lowest BCUT2D eigenvalue weighted by Crippen LogP contribution is -2.42. The number of nitrogens with one attached hydrogen (secondary N) is 2. The molecule has 1 atom stereocenters. The topological polar surface area (TPSA) is 170 Å². The molecule has 52 heavy (non-hydrogen) atoms. The van der Waals surface area contributed by atoms with E-state index in [9.17, 15) is 29.7 Å². The number of hydrogen-bond acceptors (Lipinski definition) is 12. The fraction of sp³-hybridized carbons (Fsp3) is 0.342. The number of ether oxygens (including phenoxy) is 1. The second kappa shape index (κ2) is 15.2. The second-order valence-corrected chi connectivity index (χ2v) is 15.1. The van der Waals surface area contributed by atoms with E-state index in [0.29, 0.717) is 64.3 Å². The highest BCUT2D eigenvalue weighted by Gasteiger charge is 2.45. The predicted octanol–water partition coefficient (Wildman–Crippen LogP) is 4.81. The second-order valence-electron chi connectivity index (χ2n) is 13.2. The van der Waals surface area contributed by atoms with Crippen molar-refractivity contribution in [3.8, 4) is 5.75 Å². The number of hydrogen-bond donors (Lipinski definition) is 5. The minimum absolute atomic E-state index is 0.0667. The van der Waals surface area contributed by atoms with Gasteiger partial charge in [-0.2, -0.15) is 0 Å². The first-order valence-electron chi connectivity index (χ1n) is 17.2.